The van der Waals surface area contributed by atoms with Crippen LogP contribution in [0.3, 0.4) is 0 Å². The molecule has 68 valence electrons. The largest absolute Gasteiger partial charge is 1.00 e. The van der Waals surface area contributed by atoms with Gasteiger partial charge >= 0.3 is 63.5 Å². The van der Waals surface area contributed by atoms with Crippen LogP contribution in [0.2, 0.25) is 0 Å². The van der Waals surface area contributed by atoms with Gasteiger partial charge < -0.3 is 5.11 Å². The van der Waals surface area contributed by atoms with Crippen molar-refractivity contribution in [2.45, 2.75) is 18.2 Å². The van der Waals surface area contributed by atoms with Crippen molar-refractivity contribution in [1.29, 1.82) is 0 Å². The zero-order chi connectivity index (χ0) is 9.50. The fraction of sp³-hybridized carbons (Fsp3) is 1.00. The third-order valence-electron chi connectivity index (χ3n) is 0.722. The van der Waals surface area contributed by atoms with Gasteiger partial charge in [-0.15, -0.1) is 0 Å². The number of rotatable bonds is 1. The molecule has 0 aromatic heterocycles. The van der Waals surface area contributed by atoms with E-state index < -0.39 is 18.2 Å². The van der Waals surface area contributed by atoms with E-state index in [4.69, 9.17) is 5.11 Å². The van der Waals surface area contributed by atoms with Gasteiger partial charge in [0.2, 0.25) is 0 Å². The minimum Gasteiger partial charge on any atom is -0.793 e. The molecule has 0 radical (unpaired) electrons. The molecule has 0 spiro atoms. The fourth-order valence-electron chi connectivity index (χ4n) is 0.165. The van der Waals surface area contributed by atoms with Gasteiger partial charge in [0.15, 0.2) is 0 Å². The molecule has 0 bridgehead atoms. The molecule has 0 aliphatic heterocycles. The quantitative estimate of drug-likeness (QED) is 0.378. The minimum absolute atomic E-state index is 0. The Morgan fingerprint density at radius 1 is 0.750 bits per heavy atom. The molecule has 0 aliphatic rings. The molecule has 1 nitrogen and oxygen atoms in total. The van der Waals surface area contributed by atoms with Gasteiger partial charge in [0.25, 0.3) is 6.11 Å². The molecule has 0 saturated heterocycles. The normalized spacial score (nSPS) is 14.0. The molecule has 0 N–H and O–H groups in total. The van der Waals surface area contributed by atoms with Crippen LogP contribution in [-0.2, 0) is 0 Å². The summed E-state index contributed by atoms with van der Waals surface area (Å²) in [6, 6.07) is 0. The molecule has 0 atom stereocenters. The van der Waals surface area contributed by atoms with Crippen molar-refractivity contribution in [3.8, 4) is 0 Å². The van der Waals surface area contributed by atoms with Crippen LogP contribution in [0.1, 0.15) is 0 Å². The first-order valence-corrected chi connectivity index (χ1v) is 2.03. The van der Waals surface area contributed by atoms with Gasteiger partial charge in [0.1, 0.15) is 0 Å². The van der Waals surface area contributed by atoms with Crippen LogP contribution in [0.5, 0.6) is 0 Å². The summed E-state index contributed by atoms with van der Waals surface area (Å²) in [7, 11) is 0. The predicted molar refractivity (Wildman–Crippen MR) is 15.9 cm³/mol. The van der Waals surface area contributed by atoms with Crippen molar-refractivity contribution < 1.29 is 87.2 Å². The summed E-state index contributed by atoms with van der Waals surface area (Å²) in [6.45, 7) is 0. The molecule has 0 rings (SSSR count). The molecular weight excluding hydrogens is 224 g/mol. The second kappa shape index (κ2) is 4.09. The molecule has 0 heterocycles. The summed E-state index contributed by atoms with van der Waals surface area (Å²) in [4.78, 5) is 0. The van der Waals surface area contributed by atoms with E-state index in [0.29, 0.717) is 0 Å². The molecule has 0 saturated carbocycles. The molecular formula is C3F7KO. The van der Waals surface area contributed by atoms with Crippen molar-refractivity contribution >= 4 is 0 Å². The second-order valence-electron chi connectivity index (χ2n) is 1.59. The topological polar surface area (TPSA) is 23.1 Å². The van der Waals surface area contributed by atoms with Crippen molar-refractivity contribution in [2.24, 2.45) is 0 Å². The van der Waals surface area contributed by atoms with Crippen molar-refractivity contribution in [1.82, 2.24) is 0 Å². The molecule has 0 fully saturated rings. The van der Waals surface area contributed by atoms with E-state index in [9.17, 15) is 30.7 Å². The molecule has 12 heavy (non-hydrogen) atoms. The molecule has 0 unspecified atom stereocenters. The number of halogens is 7. The van der Waals surface area contributed by atoms with Crippen LogP contribution < -0.4 is 56.5 Å². The first-order chi connectivity index (χ1) is 4.50. The van der Waals surface area contributed by atoms with E-state index in [0.717, 1.165) is 0 Å². The van der Waals surface area contributed by atoms with Crippen LogP contribution in [0, 0.1) is 0 Å². The molecule has 0 aromatic carbocycles. The monoisotopic (exact) mass is 224 g/mol. The zero-order valence-electron chi connectivity index (χ0n) is 5.55. The average Bonchev–Trinajstić information content (AvgIpc) is 1.58. The molecule has 0 amide bonds. The smallest absolute Gasteiger partial charge is 0.793 e. The van der Waals surface area contributed by atoms with Crippen LogP contribution in [0.25, 0.3) is 0 Å². The van der Waals surface area contributed by atoms with Gasteiger partial charge in [-0.25, -0.2) is 8.78 Å². The Kier molecular flexibility index (Phi) is 5.31. The van der Waals surface area contributed by atoms with Crippen LogP contribution in [-0.4, -0.2) is 18.2 Å². The molecule has 9 heteroatoms. The van der Waals surface area contributed by atoms with Crippen molar-refractivity contribution in [3.05, 3.63) is 0 Å². The fourth-order valence-corrected chi connectivity index (χ4v) is 0.165. The summed E-state index contributed by atoms with van der Waals surface area (Å²) in [5, 5.41) is 8.97. The first kappa shape index (κ1) is 15.6. The maximum absolute atomic E-state index is 11.2. The summed E-state index contributed by atoms with van der Waals surface area (Å²) >= 11 is 0. The van der Waals surface area contributed by atoms with E-state index in [-0.39, 0.29) is 51.4 Å². The predicted octanol–water partition coefficient (Wildman–Crippen LogP) is -1.86. The van der Waals surface area contributed by atoms with Crippen LogP contribution >= 0.6 is 0 Å². The Bertz CT molecular complexity index is 130. The summed E-state index contributed by atoms with van der Waals surface area (Å²) in [6.07, 6.45) is -12.8. The molecule has 0 aliphatic carbocycles. The van der Waals surface area contributed by atoms with Gasteiger partial charge in [0.05, 0.1) is 0 Å². The zero-order valence-corrected chi connectivity index (χ0v) is 8.68. The van der Waals surface area contributed by atoms with Crippen molar-refractivity contribution in [3.63, 3.8) is 0 Å². The SMILES string of the molecule is [K+].[O-]C(F)(F)C(F)(F)C(F)(F)F. The standard InChI is InChI=1S/C3F7O.K/c4-1(5,2(6,7)8)3(9,10)11;/q-1;+1. The van der Waals surface area contributed by atoms with E-state index in [1.807, 2.05) is 0 Å². The maximum Gasteiger partial charge on any atom is 1.00 e. The Balaban J connectivity index is 0. The van der Waals surface area contributed by atoms with E-state index in [2.05, 4.69) is 0 Å². The van der Waals surface area contributed by atoms with E-state index in [1.165, 1.54) is 0 Å². The summed E-state index contributed by atoms with van der Waals surface area (Å²) in [5.41, 5.74) is 0. The van der Waals surface area contributed by atoms with E-state index >= 15 is 0 Å². The van der Waals surface area contributed by atoms with E-state index in [1.54, 1.807) is 0 Å². The second-order valence-corrected chi connectivity index (χ2v) is 1.59. The Hall–Kier alpha value is 1.11. The third kappa shape index (κ3) is 3.11. The maximum atomic E-state index is 11.2. The van der Waals surface area contributed by atoms with Gasteiger partial charge in [-0.1, -0.05) is 0 Å². The van der Waals surface area contributed by atoms with Crippen LogP contribution in [0.4, 0.5) is 30.7 Å². The minimum atomic E-state index is -6.52. The Morgan fingerprint density at radius 3 is 1.00 bits per heavy atom. The van der Waals surface area contributed by atoms with Crippen molar-refractivity contribution in [2.75, 3.05) is 0 Å². The van der Waals surface area contributed by atoms with Gasteiger partial charge in [-0.05, 0) is 0 Å². The summed E-state index contributed by atoms with van der Waals surface area (Å²) in [5.74, 6) is -6.51. The average molecular weight is 224 g/mol. The summed E-state index contributed by atoms with van der Waals surface area (Å²) < 4.78 is 77.1. The number of hydrogen-bond donors (Lipinski definition) is 0. The number of alkyl halides is 7. The van der Waals surface area contributed by atoms with Gasteiger partial charge in [-0.2, -0.15) is 22.0 Å². The van der Waals surface area contributed by atoms with Gasteiger partial charge in [0, 0.05) is 0 Å². The third-order valence-corrected chi connectivity index (χ3v) is 0.722. The first-order valence-electron chi connectivity index (χ1n) is 2.03. The molecule has 0 aromatic rings. The van der Waals surface area contributed by atoms with Gasteiger partial charge in [-0.3, -0.25) is 0 Å². The number of hydrogen-bond acceptors (Lipinski definition) is 1. The Labute approximate surface area is 104 Å². The van der Waals surface area contributed by atoms with Crippen LogP contribution in [0.15, 0.2) is 0 Å². The Morgan fingerprint density at radius 2 is 1.00 bits per heavy atom.